The molecule has 6 nitrogen and oxygen atoms in total. The maximum atomic E-state index is 13.8. The average Bonchev–Trinajstić information content (AvgIpc) is 2.63. The lowest BCUT2D eigenvalue weighted by molar-refractivity contribution is -0.390. The molecule has 0 spiro atoms. The third-order valence-corrected chi connectivity index (χ3v) is 5.70. The first-order valence-electron chi connectivity index (χ1n) is 7.62. The first-order valence-corrected chi connectivity index (χ1v) is 9.34. The summed E-state index contributed by atoms with van der Waals surface area (Å²) in [4.78, 5) is 32.6. The Bertz CT molecular complexity index is 898. The van der Waals surface area contributed by atoms with E-state index in [1.165, 1.54) is 0 Å². The summed E-state index contributed by atoms with van der Waals surface area (Å²) in [5.41, 5.74) is -7.99. The van der Waals surface area contributed by atoms with Crippen molar-refractivity contribution in [2.45, 2.75) is 48.0 Å². The molecule has 0 aliphatic carbocycles. The Morgan fingerprint density at radius 3 is 0.947 bits per heavy atom. The Morgan fingerprint density at radius 2 is 0.711 bits per heavy atom. The van der Waals surface area contributed by atoms with Gasteiger partial charge in [-0.3, -0.25) is 0 Å². The van der Waals surface area contributed by atoms with Crippen molar-refractivity contribution in [3.63, 3.8) is 0 Å². The Balaban J connectivity index is 7.36. The molecule has 0 bridgehead atoms. The molecule has 38 heavy (non-hydrogen) atoms. The van der Waals surface area contributed by atoms with E-state index in [-0.39, 0.29) is 0 Å². The van der Waals surface area contributed by atoms with Crippen LogP contribution in [0.15, 0.2) is 0 Å². The van der Waals surface area contributed by atoms with Crippen LogP contribution in [0.2, 0.25) is 0 Å². The number of hydrogen-bond donors (Lipinski definition) is 0. The molecule has 0 heterocycles. The lowest BCUT2D eigenvalue weighted by Gasteiger charge is -2.36. The van der Waals surface area contributed by atoms with E-state index in [0.717, 1.165) is 0 Å². The van der Waals surface area contributed by atoms with Crippen molar-refractivity contribution >= 4 is 26.7 Å². The zero-order valence-electron chi connectivity index (χ0n) is 16.0. The highest BCUT2D eigenvalue weighted by molar-refractivity contribution is 6.68. The van der Waals surface area contributed by atoms with E-state index in [2.05, 4.69) is 8.85 Å². The van der Waals surface area contributed by atoms with E-state index >= 15 is 0 Å². The fourth-order valence-electron chi connectivity index (χ4n) is 1.48. The molecule has 0 N–H and O–H groups in total. The molecule has 0 amide bonds. The molecule has 0 saturated heterocycles. The van der Waals surface area contributed by atoms with Gasteiger partial charge >= 0.3 is 74.7 Å². The van der Waals surface area contributed by atoms with Gasteiger partial charge in [-0.2, -0.15) is 87.8 Å². The molecule has 0 fully saturated rings. The number of carbonyl (C=O) groups is 3. The maximum Gasteiger partial charge on any atom is 0.790 e. The summed E-state index contributed by atoms with van der Waals surface area (Å²) < 4.78 is 261. The van der Waals surface area contributed by atoms with E-state index in [1.54, 1.807) is 0 Å². The second-order valence-electron chi connectivity index (χ2n) is 6.01. The molecule has 0 atom stereocenters. The van der Waals surface area contributed by atoms with Gasteiger partial charge < -0.3 is 13.3 Å². The molecule has 224 valence electrons. The van der Waals surface area contributed by atoms with Crippen molar-refractivity contribution in [2.24, 2.45) is 0 Å². The van der Waals surface area contributed by atoms with Crippen LogP contribution in [0.1, 0.15) is 0 Å². The summed E-state index contributed by atoms with van der Waals surface area (Å²) in [5.74, 6) is -39.3. The van der Waals surface area contributed by atoms with Crippen molar-refractivity contribution in [2.75, 3.05) is 0 Å². The van der Waals surface area contributed by atoms with Crippen LogP contribution < -0.4 is 0 Å². The molecular formula is C11F20O6Si. The summed E-state index contributed by atoms with van der Waals surface area (Å²) >= 11 is 0. The summed E-state index contributed by atoms with van der Waals surface area (Å²) in [6, 6.07) is 0. The molecule has 0 aliphatic heterocycles. The standard InChI is InChI=1S/C11F20O6Si/c12-4(13,7(20,21)8(22,23)9(24,25)26)1(32)35-38(11(30,31)10(27,28)29,36-2(33)5(14,15)16)37-3(34)6(17,18)19. The van der Waals surface area contributed by atoms with Gasteiger partial charge in [0.15, 0.2) is 0 Å². The van der Waals surface area contributed by atoms with E-state index in [4.69, 9.17) is 0 Å². The van der Waals surface area contributed by atoms with Crippen LogP contribution in [0.4, 0.5) is 87.8 Å². The van der Waals surface area contributed by atoms with E-state index in [1.807, 2.05) is 4.43 Å². The van der Waals surface area contributed by atoms with Gasteiger partial charge in [0.05, 0.1) is 0 Å². The molecule has 0 aromatic carbocycles. The largest absolute Gasteiger partial charge is 0.790 e. The van der Waals surface area contributed by atoms with Crippen LogP contribution in [-0.2, 0) is 27.7 Å². The van der Waals surface area contributed by atoms with Crippen LogP contribution in [-0.4, -0.2) is 74.7 Å². The van der Waals surface area contributed by atoms with Gasteiger partial charge in [-0.1, -0.05) is 0 Å². The van der Waals surface area contributed by atoms with Crippen molar-refractivity contribution in [1.29, 1.82) is 0 Å². The minimum atomic E-state index is -9.65. The van der Waals surface area contributed by atoms with E-state index in [9.17, 15) is 102 Å². The summed E-state index contributed by atoms with van der Waals surface area (Å²) in [6.45, 7) is 0. The smallest absolute Gasteiger partial charge is 0.447 e. The van der Waals surface area contributed by atoms with Gasteiger partial charge in [0.25, 0.3) is 0 Å². The zero-order valence-corrected chi connectivity index (χ0v) is 17.0. The molecule has 0 unspecified atom stereocenters. The topological polar surface area (TPSA) is 78.9 Å². The summed E-state index contributed by atoms with van der Waals surface area (Å²) in [5, 5.41) is 0. The minimum Gasteiger partial charge on any atom is -0.447 e. The van der Waals surface area contributed by atoms with Crippen LogP contribution in [0, 0.1) is 0 Å². The molecule has 0 aromatic rings. The highest BCUT2D eigenvalue weighted by Crippen LogP contribution is 2.54. The fraction of sp³-hybridized carbons (Fsp3) is 0.727. The quantitative estimate of drug-likeness (QED) is 0.293. The van der Waals surface area contributed by atoms with Gasteiger partial charge in [-0.05, 0) is 0 Å². The van der Waals surface area contributed by atoms with Crippen LogP contribution in [0.25, 0.3) is 0 Å². The number of alkyl halides is 20. The normalized spacial score (nSPS) is 15.2. The van der Waals surface area contributed by atoms with Gasteiger partial charge in [0.1, 0.15) is 0 Å². The lowest BCUT2D eigenvalue weighted by atomic mass is 10.0. The lowest BCUT2D eigenvalue weighted by Crippen LogP contribution is -2.72. The predicted octanol–water partition coefficient (Wildman–Crippen LogP) is 4.88. The molecule has 0 aromatic heterocycles. The SMILES string of the molecule is O=C(O[Si](OC(=O)C(F)(F)F)(OC(=O)C(F)(F)C(F)(F)C(F)(F)C(F)(F)F)C(F)(F)C(F)(F)F)C(F)(F)F. The third-order valence-electron chi connectivity index (χ3n) is 3.29. The molecule has 0 radical (unpaired) electrons. The van der Waals surface area contributed by atoms with Gasteiger partial charge in [-0.25, -0.2) is 14.4 Å². The van der Waals surface area contributed by atoms with Gasteiger partial charge in [0, 0.05) is 0 Å². The van der Waals surface area contributed by atoms with Crippen LogP contribution >= 0.6 is 0 Å². The Kier molecular flexibility index (Phi) is 8.76. The van der Waals surface area contributed by atoms with Crippen LogP contribution in [0.3, 0.4) is 0 Å². The fourth-order valence-corrected chi connectivity index (χ4v) is 3.43. The van der Waals surface area contributed by atoms with Crippen molar-refractivity contribution < 1.29 is 115 Å². The van der Waals surface area contributed by atoms with Gasteiger partial charge in [0.2, 0.25) is 0 Å². The van der Waals surface area contributed by atoms with Gasteiger partial charge in [-0.15, -0.1) is 0 Å². The molecule has 0 aliphatic rings. The van der Waals surface area contributed by atoms with Crippen molar-refractivity contribution in [1.82, 2.24) is 0 Å². The highest BCUT2D eigenvalue weighted by Gasteiger charge is 2.90. The first-order chi connectivity index (χ1) is 16.1. The Morgan fingerprint density at radius 1 is 0.421 bits per heavy atom. The first kappa shape index (κ1) is 35.2. The number of halogens is 20. The van der Waals surface area contributed by atoms with E-state index in [0.29, 0.717) is 0 Å². The number of carbonyl (C=O) groups excluding carboxylic acids is 3. The predicted molar refractivity (Wildman–Crippen MR) is 68.0 cm³/mol. The number of hydrogen-bond acceptors (Lipinski definition) is 6. The van der Waals surface area contributed by atoms with Crippen LogP contribution in [0.5, 0.6) is 0 Å². The highest BCUT2D eigenvalue weighted by atomic mass is 28.4. The molecule has 0 rings (SSSR count). The Labute approximate surface area is 191 Å². The second kappa shape index (κ2) is 9.45. The van der Waals surface area contributed by atoms with E-state index < -0.39 is 74.7 Å². The summed E-state index contributed by atoms with van der Waals surface area (Å²) in [7, 11) is -9.65. The van der Waals surface area contributed by atoms with Crippen molar-refractivity contribution in [3.05, 3.63) is 0 Å². The maximum absolute atomic E-state index is 13.8. The average molecular weight is 636 g/mol. The number of rotatable bonds is 7. The second-order valence-corrected chi connectivity index (χ2v) is 8.37. The third kappa shape index (κ3) is 6.10. The van der Waals surface area contributed by atoms with Crippen molar-refractivity contribution in [3.8, 4) is 0 Å². The monoisotopic (exact) mass is 636 g/mol. The molecule has 27 heteroatoms. The summed E-state index contributed by atoms with van der Waals surface area (Å²) in [6.07, 6.45) is -29.7. The Hall–Kier alpha value is -2.77. The zero-order chi connectivity index (χ0) is 31.4. The molecule has 0 saturated carbocycles. The minimum absolute atomic E-state index is 2.03. The molecular weight excluding hydrogens is 636 g/mol.